The highest BCUT2D eigenvalue weighted by atomic mass is 31.1. The molecule has 0 aliphatic heterocycles. The lowest BCUT2D eigenvalue weighted by Crippen LogP contribution is -2.17. The fraction of sp³-hybridized carbons (Fsp3) is 1.00. The van der Waals surface area contributed by atoms with Gasteiger partial charge in [-0.15, -0.1) is 0 Å². The summed E-state index contributed by atoms with van der Waals surface area (Å²) in [5, 5.41) is 3.73. The van der Waals surface area contributed by atoms with Gasteiger partial charge in [-0.1, -0.05) is 20.8 Å². The van der Waals surface area contributed by atoms with E-state index in [1.807, 2.05) is 7.05 Å². The van der Waals surface area contributed by atoms with Crippen molar-refractivity contribution in [1.82, 2.24) is 5.09 Å². The van der Waals surface area contributed by atoms with Gasteiger partial charge in [0.1, 0.15) is 0 Å². The summed E-state index contributed by atoms with van der Waals surface area (Å²) in [5.41, 5.74) is 0. The van der Waals surface area contributed by atoms with Crippen molar-refractivity contribution in [3.63, 3.8) is 0 Å². The van der Waals surface area contributed by atoms with Gasteiger partial charge in [-0.25, -0.2) is 0 Å². The lowest BCUT2D eigenvalue weighted by atomic mass is 10.3. The van der Waals surface area contributed by atoms with Crippen molar-refractivity contribution in [1.29, 1.82) is 0 Å². The van der Waals surface area contributed by atoms with Gasteiger partial charge >= 0.3 is 0 Å². The van der Waals surface area contributed by atoms with Crippen molar-refractivity contribution in [3.8, 4) is 0 Å². The molecular weight excluding hydrogens is 117 g/mol. The molecule has 0 aliphatic carbocycles. The SMILES string of the molecule is CNP(C)C(C)(C)C. The molecule has 1 atom stereocenters. The average Bonchev–Trinajstić information content (AvgIpc) is 1.62. The summed E-state index contributed by atoms with van der Waals surface area (Å²) in [5.74, 6) is 0. The first-order valence-electron chi connectivity index (χ1n) is 2.89. The molecule has 8 heavy (non-hydrogen) atoms. The molecule has 0 radical (unpaired) electrons. The van der Waals surface area contributed by atoms with Gasteiger partial charge in [-0.2, -0.15) is 0 Å². The molecule has 0 aromatic heterocycles. The molecule has 0 rings (SSSR count). The van der Waals surface area contributed by atoms with Crippen LogP contribution in [0.4, 0.5) is 0 Å². The summed E-state index contributed by atoms with van der Waals surface area (Å²) >= 11 is 0. The first-order chi connectivity index (χ1) is 3.48. The van der Waals surface area contributed by atoms with Crippen LogP contribution < -0.4 is 5.09 Å². The van der Waals surface area contributed by atoms with Gasteiger partial charge in [0.05, 0.1) is 0 Å². The quantitative estimate of drug-likeness (QED) is 0.540. The lowest BCUT2D eigenvalue weighted by molar-refractivity contribution is 0.776. The van der Waals surface area contributed by atoms with E-state index >= 15 is 0 Å². The second kappa shape index (κ2) is 2.80. The highest BCUT2D eigenvalue weighted by Crippen LogP contribution is 2.40. The van der Waals surface area contributed by atoms with E-state index < -0.39 is 0 Å². The van der Waals surface area contributed by atoms with Crippen LogP contribution in [-0.2, 0) is 0 Å². The van der Waals surface area contributed by atoms with Crippen molar-refractivity contribution >= 4 is 8.07 Å². The molecule has 50 valence electrons. The van der Waals surface area contributed by atoms with Gasteiger partial charge in [0, 0.05) is 0 Å². The van der Waals surface area contributed by atoms with Crippen LogP contribution in [0.5, 0.6) is 0 Å². The zero-order chi connectivity index (χ0) is 6.78. The minimum atomic E-state index is 0.0306. The highest BCUT2D eigenvalue weighted by Gasteiger charge is 2.16. The van der Waals surface area contributed by atoms with Gasteiger partial charge in [-0.3, -0.25) is 5.09 Å². The van der Waals surface area contributed by atoms with Crippen molar-refractivity contribution in [3.05, 3.63) is 0 Å². The number of rotatable bonds is 1. The Kier molecular flexibility index (Phi) is 2.93. The Bertz CT molecular complexity index is 65.4. The Hall–Kier alpha value is 0.390. The zero-order valence-corrected chi connectivity index (χ0v) is 7.34. The monoisotopic (exact) mass is 133 g/mol. The van der Waals surface area contributed by atoms with E-state index in [9.17, 15) is 0 Å². The molecule has 0 aromatic carbocycles. The number of hydrogen-bond acceptors (Lipinski definition) is 1. The van der Waals surface area contributed by atoms with E-state index in [1.54, 1.807) is 0 Å². The molecule has 0 aromatic rings. The first-order valence-corrected chi connectivity index (χ1v) is 4.68. The van der Waals surface area contributed by atoms with E-state index in [4.69, 9.17) is 0 Å². The summed E-state index contributed by atoms with van der Waals surface area (Å²) in [7, 11) is 2.06. The van der Waals surface area contributed by atoms with Crippen molar-refractivity contribution in [2.45, 2.75) is 25.9 Å². The van der Waals surface area contributed by atoms with Crippen LogP contribution in [0.15, 0.2) is 0 Å². The molecule has 0 saturated heterocycles. The predicted molar refractivity (Wildman–Crippen MR) is 41.7 cm³/mol. The smallest absolute Gasteiger partial charge is 0.00516 e. The average molecular weight is 133 g/mol. The molecule has 0 fully saturated rings. The third-order valence-electron chi connectivity index (χ3n) is 1.34. The van der Waals surface area contributed by atoms with Crippen molar-refractivity contribution in [2.75, 3.05) is 13.7 Å². The second-order valence-corrected chi connectivity index (χ2v) is 5.86. The number of hydrogen-bond donors (Lipinski definition) is 1. The van der Waals surface area contributed by atoms with Crippen LogP contribution in [0.2, 0.25) is 0 Å². The molecule has 0 heterocycles. The standard InChI is InChI=1S/C6H16NP/c1-6(2,3)8(5)7-4/h7H,1-5H3. The van der Waals surface area contributed by atoms with E-state index in [-0.39, 0.29) is 8.07 Å². The molecule has 0 spiro atoms. The van der Waals surface area contributed by atoms with Gasteiger partial charge < -0.3 is 0 Å². The fourth-order valence-electron chi connectivity index (χ4n) is 0.335. The summed E-state index contributed by atoms with van der Waals surface area (Å²) < 4.78 is 0. The third-order valence-corrected chi connectivity index (χ3v) is 4.02. The Balaban J connectivity index is 3.62. The van der Waals surface area contributed by atoms with E-state index in [0.717, 1.165) is 0 Å². The fourth-order valence-corrected chi connectivity index (χ4v) is 1.01. The number of nitrogens with one attached hydrogen (secondary N) is 1. The van der Waals surface area contributed by atoms with Crippen LogP contribution in [0, 0.1) is 0 Å². The Morgan fingerprint density at radius 2 is 1.62 bits per heavy atom. The Labute approximate surface area is 53.7 Å². The van der Waals surface area contributed by atoms with Gasteiger partial charge in [0.15, 0.2) is 0 Å². The topological polar surface area (TPSA) is 12.0 Å². The third kappa shape index (κ3) is 2.64. The van der Waals surface area contributed by atoms with Gasteiger partial charge in [0.2, 0.25) is 0 Å². The van der Waals surface area contributed by atoms with Crippen molar-refractivity contribution in [2.24, 2.45) is 0 Å². The Morgan fingerprint density at radius 3 is 1.62 bits per heavy atom. The van der Waals surface area contributed by atoms with Gasteiger partial charge in [-0.05, 0) is 26.9 Å². The largest absolute Gasteiger partial charge is 0.299 e. The van der Waals surface area contributed by atoms with Crippen LogP contribution in [-0.4, -0.2) is 18.9 Å². The summed E-state index contributed by atoms with van der Waals surface area (Å²) in [6.07, 6.45) is 0. The molecule has 1 nitrogen and oxygen atoms in total. The molecule has 2 heteroatoms. The maximum atomic E-state index is 3.27. The maximum absolute atomic E-state index is 3.27. The van der Waals surface area contributed by atoms with E-state index in [0.29, 0.717) is 5.16 Å². The minimum absolute atomic E-state index is 0.0306. The minimum Gasteiger partial charge on any atom is -0.299 e. The van der Waals surface area contributed by atoms with Crippen LogP contribution in [0.1, 0.15) is 20.8 Å². The Morgan fingerprint density at radius 1 is 1.25 bits per heavy atom. The maximum Gasteiger partial charge on any atom is -0.00516 e. The lowest BCUT2D eigenvalue weighted by Gasteiger charge is -2.26. The molecule has 0 saturated carbocycles. The molecule has 0 amide bonds. The summed E-state index contributed by atoms with van der Waals surface area (Å²) in [6.45, 7) is 9.04. The van der Waals surface area contributed by atoms with Crippen LogP contribution >= 0.6 is 8.07 Å². The summed E-state index contributed by atoms with van der Waals surface area (Å²) in [6, 6.07) is 0. The predicted octanol–water partition coefficient (Wildman–Crippen LogP) is 2.03. The first kappa shape index (κ1) is 8.39. The molecule has 0 bridgehead atoms. The van der Waals surface area contributed by atoms with Gasteiger partial charge in [0.25, 0.3) is 0 Å². The highest BCUT2D eigenvalue weighted by molar-refractivity contribution is 7.56. The second-order valence-electron chi connectivity index (χ2n) is 2.95. The van der Waals surface area contributed by atoms with E-state index in [2.05, 4.69) is 32.5 Å². The molecule has 1 unspecified atom stereocenters. The van der Waals surface area contributed by atoms with Crippen LogP contribution in [0.25, 0.3) is 0 Å². The van der Waals surface area contributed by atoms with Crippen LogP contribution in [0.3, 0.4) is 0 Å². The molecule has 1 N–H and O–H groups in total. The normalized spacial score (nSPS) is 16.1. The van der Waals surface area contributed by atoms with Crippen molar-refractivity contribution < 1.29 is 0 Å². The zero-order valence-electron chi connectivity index (χ0n) is 6.45. The molecular formula is C6H16NP. The summed E-state index contributed by atoms with van der Waals surface area (Å²) in [4.78, 5) is 0. The van der Waals surface area contributed by atoms with E-state index in [1.165, 1.54) is 0 Å². The molecule has 0 aliphatic rings.